The van der Waals surface area contributed by atoms with E-state index >= 15 is 0 Å². The van der Waals surface area contributed by atoms with Crippen LogP contribution in [0.2, 0.25) is 0 Å². The third kappa shape index (κ3) is 5.21. The van der Waals surface area contributed by atoms with E-state index in [2.05, 4.69) is 145 Å². The number of benzene rings is 7. The molecule has 5 nitrogen and oxygen atoms in total. The number of aromatic nitrogens is 5. The lowest BCUT2D eigenvalue weighted by Crippen LogP contribution is -1.96. The molecule has 0 unspecified atom stereocenters. The number of pyridine rings is 3. The van der Waals surface area contributed by atoms with Crippen molar-refractivity contribution in [3.63, 3.8) is 0 Å². The van der Waals surface area contributed by atoms with E-state index in [-0.39, 0.29) is 0 Å². The topological polar surface area (TPSA) is 64.5 Å². The van der Waals surface area contributed by atoms with Crippen molar-refractivity contribution in [3.8, 4) is 78.4 Å². The summed E-state index contributed by atoms with van der Waals surface area (Å²) in [4.78, 5) is 25.0. The van der Waals surface area contributed by atoms with Gasteiger partial charge in [0.05, 0.1) is 44.8 Å². The van der Waals surface area contributed by atoms with Crippen LogP contribution < -0.4 is 0 Å². The zero-order valence-electron chi connectivity index (χ0n) is 31.1. The Morgan fingerprint density at radius 1 is 0.293 bits per heavy atom. The van der Waals surface area contributed by atoms with Gasteiger partial charge in [0.25, 0.3) is 0 Å². The molecule has 0 bridgehead atoms. The van der Waals surface area contributed by atoms with Crippen molar-refractivity contribution >= 4 is 43.6 Å². The summed E-state index contributed by atoms with van der Waals surface area (Å²) < 4.78 is 0. The van der Waals surface area contributed by atoms with Crippen molar-refractivity contribution in [1.29, 1.82) is 0 Å². The maximum atomic E-state index is 5.28. The molecule has 0 aliphatic heterocycles. The van der Waals surface area contributed by atoms with Crippen LogP contribution in [0.25, 0.3) is 122 Å². The van der Waals surface area contributed by atoms with Gasteiger partial charge in [-0.15, -0.1) is 0 Å². The molecule has 268 valence electrons. The zero-order chi connectivity index (χ0) is 38.2. The SMILES string of the molecule is c1cc(-c2ccc3ccc4ccc(-c5ccc(-c6ccc7c(c6)-c6cccc8cccc-7c68)cc5)nc4c3n2)cc(-c2nc3ccccc3nc2-c2ccncc2)c1. The summed E-state index contributed by atoms with van der Waals surface area (Å²) >= 11 is 0. The van der Waals surface area contributed by atoms with E-state index in [0.29, 0.717) is 0 Å². The molecular weight excluding hydrogens is 707 g/mol. The van der Waals surface area contributed by atoms with Crippen LogP contribution in [0.4, 0.5) is 0 Å². The van der Waals surface area contributed by atoms with Gasteiger partial charge in [0.15, 0.2) is 0 Å². The van der Waals surface area contributed by atoms with E-state index in [1.54, 1.807) is 12.4 Å². The number of hydrogen-bond donors (Lipinski definition) is 0. The molecule has 0 saturated heterocycles. The molecule has 4 heterocycles. The monoisotopic (exact) mass is 737 g/mol. The molecular formula is C53H31N5. The normalized spacial score (nSPS) is 11.8. The van der Waals surface area contributed by atoms with E-state index in [1.807, 2.05) is 36.4 Å². The quantitative estimate of drug-likeness (QED) is 0.165. The van der Waals surface area contributed by atoms with Crippen LogP contribution in [0.1, 0.15) is 0 Å². The number of hydrogen-bond acceptors (Lipinski definition) is 5. The van der Waals surface area contributed by atoms with Crippen LogP contribution in [0.3, 0.4) is 0 Å². The Morgan fingerprint density at radius 2 is 0.862 bits per heavy atom. The second-order valence-electron chi connectivity index (χ2n) is 14.9. The van der Waals surface area contributed by atoms with Gasteiger partial charge in [-0.05, 0) is 92.7 Å². The molecule has 0 amide bonds. The number of para-hydroxylation sites is 2. The maximum Gasteiger partial charge on any atom is 0.0974 e. The molecule has 0 fully saturated rings. The Balaban J connectivity index is 0.903. The Kier molecular flexibility index (Phi) is 7.16. The fourth-order valence-corrected chi connectivity index (χ4v) is 8.63. The van der Waals surface area contributed by atoms with Gasteiger partial charge in [-0.25, -0.2) is 19.9 Å². The van der Waals surface area contributed by atoms with Crippen molar-refractivity contribution in [3.05, 3.63) is 188 Å². The van der Waals surface area contributed by atoms with E-state index in [0.717, 1.165) is 77.9 Å². The average Bonchev–Trinajstić information content (AvgIpc) is 3.62. The Labute approximate surface area is 334 Å². The highest BCUT2D eigenvalue weighted by molar-refractivity contribution is 6.15. The minimum Gasteiger partial charge on any atom is -0.265 e. The molecule has 0 N–H and O–H groups in total. The fraction of sp³-hybridized carbons (Fsp3) is 0. The Hall–Kier alpha value is -7.89. The van der Waals surface area contributed by atoms with Crippen molar-refractivity contribution in [2.45, 2.75) is 0 Å². The van der Waals surface area contributed by atoms with E-state index in [9.17, 15) is 0 Å². The molecule has 4 aromatic heterocycles. The van der Waals surface area contributed by atoms with Gasteiger partial charge in [-0.1, -0.05) is 127 Å². The first-order valence-corrected chi connectivity index (χ1v) is 19.5. The van der Waals surface area contributed by atoms with Crippen molar-refractivity contribution < 1.29 is 0 Å². The summed E-state index contributed by atoms with van der Waals surface area (Å²) in [6.45, 7) is 0. The number of nitrogens with zero attached hydrogens (tertiary/aromatic N) is 5. The first kappa shape index (κ1) is 32.4. The highest BCUT2D eigenvalue weighted by Crippen LogP contribution is 2.48. The predicted molar refractivity (Wildman–Crippen MR) is 237 cm³/mol. The van der Waals surface area contributed by atoms with Gasteiger partial charge < -0.3 is 0 Å². The molecule has 0 atom stereocenters. The second-order valence-corrected chi connectivity index (χ2v) is 14.9. The van der Waals surface area contributed by atoms with Gasteiger partial charge in [-0.2, -0.15) is 0 Å². The fourth-order valence-electron chi connectivity index (χ4n) is 8.63. The lowest BCUT2D eigenvalue weighted by atomic mass is 9.96. The van der Waals surface area contributed by atoms with Crippen LogP contribution in [-0.2, 0) is 0 Å². The van der Waals surface area contributed by atoms with Crippen LogP contribution >= 0.6 is 0 Å². The first-order valence-electron chi connectivity index (χ1n) is 19.5. The lowest BCUT2D eigenvalue weighted by Gasteiger charge is -2.12. The van der Waals surface area contributed by atoms with Gasteiger partial charge in [0.1, 0.15) is 0 Å². The molecule has 0 saturated carbocycles. The second kappa shape index (κ2) is 12.8. The zero-order valence-corrected chi connectivity index (χ0v) is 31.1. The van der Waals surface area contributed by atoms with Gasteiger partial charge in [0, 0.05) is 45.4 Å². The molecule has 11 aromatic rings. The van der Waals surface area contributed by atoms with Crippen LogP contribution in [0.15, 0.2) is 188 Å². The molecule has 58 heavy (non-hydrogen) atoms. The largest absolute Gasteiger partial charge is 0.265 e. The summed E-state index contributed by atoms with van der Waals surface area (Å²) in [5, 5.41) is 4.73. The summed E-state index contributed by atoms with van der Waals surface area (Å²) in [6, 6.07) is 61.9. The smallest absolute Gasteiger partial charge is 0.0974 e. The van der Waals surface area contributed by atoms with Crippen LogP contribution in [-0.4, -0.2) is 24.9 Å². The first-order chi connectivity index (χ1) is 28.7. The van der Waals surface area contributed by atoms with Crippen molar-refractivity contribution in [2.24, 2.45) is 0 Å². The van der Waals surface area contributed by atoms with E-state index in [4.69, 9.17) is 19.9 Å². The number of fused-ring (bicyclic) bond motifs is 7. The third-order valence-corrected chi connectivity index (χ3v) is 11.5. The Morgan fingerprint density at radius 3 is 1.57 bits per heavy atom. The van der Waals surface area contributed by atoms with Crippen molar-refractivity contribution in [2.75, 3.05) is 0 Å². The summed E-state index contributed by atoms with van der Waals surface area (Å²) in [7, 11) is 0. The van der Waals surface area contributed by atoms with Crippen molar-refractivity contribution in [1.82, 2.24) is 24.9 Å². The van der Waals surface area contributed by atoms with Gasteiger partial charge in [-0.3, -0.25) is 4.98 Å². The lowest BCUT2D eigenvalue weighted by molar-refractivity contribution is 1.27. The summed E-state index contributed by atoms with van der Waals surface area (Å²) in [5.74, 6) is 0. The summed E-state index contributed by atoms with van der Waals surface area (Å²) in [5.41, 5.74) is 18.5. The minimum absolute atomic E-state index is 0.815. The highest BCUT2D eigenvalue weighted by atomic mass is 14.8. The highest BCUT2D eigenvalue weighted by Gasteiger charge is 2.21. The summed E-state index contributed by atoms with van der Waals surface area (Å²) in [6.07, 6.45) is 3.58. The van der Waals surface area contributed by atoms with Gasteiger partial charge in [0.2, 0.25) is 0 Å². The van der Waals surface area contributed by atoms with E-state index in [1.165, 1.54) is 44.2 Å². The average molecular weight is 738 g/mol. The third-order valence-electron chi connectivity index (χ3n) is 11.5. The van der Waals surface area contributed by atoms with Gasteiger partial charge >= 0.3 is 0 Å². The molecule has 12 rings (SSSR count). The number of rotatable bonds is 5. The van der Waals surface area contributed by atoms with Crippen LogP contribution in [0.5, 0.6) is 0 Å². The Bertz CT molecular complexity index is 3440. The molecule has 5 heteroatoms. The molecule has 7 aromatic carbocycles. The van der Waals surface area contributed by atoms with E-state index < -0.39 is 0 Å². The molecule has 1 aliphatic carbocycles. The predicted octanol–water partition coefficient (Wildman–Crippen LogP) is 13.3. The maximum absolute atomic E-state index is 5.28. The molecule has 0 spiro atoms. The molecule has 0 radical (unpaired) electrons. The van der Waals surface area contributed by atoms with Crippen LogP contribution in [0, 0.1) is 0 Å². The molecule has 1 aliphatic rings. The standard InChI is InChI=1S/C53H31N5/c1-2-13-48-47(12-1)57-52(37-26-28-54-29-27-37)53(58-48)40-9-3-8-39(30-40)46-25-22-36-19-18-35-21-24-45(55-50(35)51(36)56-46)33-16-14-32(15-17-33)38-20-23-41-42-10-4-6-34-7-5-11-43(49(34)42)44(41)31-38/h1-31H. The minimum atomic E-state index is 0.815.